The number of rotatable bonds is 5. The number of sulfone groups is 1. The summed E-state index contributed by atoms with van der Waals surface area (Å²) in [4.78, 5) is 19.3. The van der Waals surface area contributed by atoms with Crippen LogP contribution in [0.2, 0.25) is 0 Å². The number of fused-ring (bicyclic) bond motifs is 1. The first kappa shape index (κ1) is 22.5. The molecule has 0 bridgehead atoms. The Morgan fingerprint density at radius 1 is 1.12 bits per heavy atom. The maximum Gasteiger partial charge on any atom is 0.573 e. The highest BCUT2D eigenvalue weighted by Crippen LogP contribution is 2.32. The van der Waals surface area contributed by atoms with E-state index < -0.39 is 28.1 Å². The molecule has 0 spiro atoms. The number of carbonyl (C=O) groups is 1. The summed E-state index contributed by atoms with van der Waals surface area (Å²) in [6, 6.07) is 12.0. The van der Waals surface area contributed by atoms with E-state index in [9.17, 15) is 26.4 Å². The van der Waals surface area contributed by atoms with Crippen LogP contribution in [0.5, 0.6) is 5.75 Å². The monoisotopic (exact) mass is 485 g/mol. The molecule has 1 saturated heterocycles. The van der Waals surface area contributed by atoms with E-state index in [1.807, 2.05) is 6.07 Å². The van der Waals surface area contributed by atoms with Crippen molar-refractivity contribution in [3.8, 4) is 5.75 Å². The van der Waals surface area contributed by atoms with Crippen LogP contribution in [0.4, 0.5) is 18.3 Å². The molecule has 0 aliphatic carbocycles. The molecular weight excluding hydrogens is 467 g/mol. The van der Waals surface area contributed by atoms with E-state index in [0.717, 1.165) is 17.4 Å². The molecule has 170 valence electrons. The van der Waals surface area contributed by atoms with Gasteiger partial charge in [-0.25, -0.2) is 13.4 Å². The Balaban J connectivity index is 1.57. The zero-order valence-electron chi connectivity index (χ0n) is 16.5. The summed E-state index contributed by atoms with van der Waals surface area (Å²) in [6.45, 7) is 0.431. The van der Waals surface area contributed by atoms with Crippen molar-refractivity contribution in [3.05, 3.63) is 54.1 Å². The van der Waals surface area contributed by atoms with E-state index in [1.165, 1.54) is 12.1 Å². The smallest absolute Gasteiger partial charge is 0.406 e. The molecule has 12 heteroatoms. The van der Waals surface area contributed by atoms with Crippen LogP contribution in [0.1, 0.15) is 11.6 Å². The van der Waals surface area contributed by atoms with Gasteiger partial charge in [0.15, 0.2) is 15.0 Å². The summed E-state index contributed by atoms with van der Waals surface area (Å²) in [6.07, 6.45) is -4.81. The number of thiazole rings is 1. The summed E-state index contributed by atoms with van der Waals surface area (Å²) >= 11 is 1.02. The zero-order valence-corrected chi connectivity index (χ0v) is 18.1. The first-order valence-corrected chi connectivity index (χ1v) is 12.2. The van der Waals surface area contributed by atoms with E-state index in [-0.39, 0.29) is 35.5 Å². The van der Waals surface area contributed by atoms with Crippen molar-refractivity contribution in [1.29, 1.82) is 0 Å². The first-order chi connectivity index (χ1) is 15.1. The number of ether oxygens (including phenoxy) is 1. The van der Waals surface area contributed by atoms with Crippen molar-refractivity contribution in [2.45, 2.75) is 12.4 Å². The fourth-order valence-electron chi connectivity index (χ4n) is 3.48. The third kappa shape index (κ3) is 5.37. The topological polar surface area (TPSA) is 88.6 Å². The van der Waals surface area contributed by atoms with Crippen LogP contribution in [-0.4, -0.2) is 55.2 Å². The maximum absolute atomic E-state index is 13.2. The molecule has 0 radical (unpaired) electrons. The summed E-state index contributed by atoms with van der Waals surface area (Å²) in [5, 5.41) is 2.95. The predicted molar refractivity (Wildman–Crippen MR) is 114 cm³/mol. The van der Waals surface area contributed by atoms with Gasteiger partial charge in [0, 0.05) is 19.2 Å². The SMILES string of the molecule is O=C(Nc1nc2ccc(OC(F)(F)F)cc2s1)C(c1ccccc1)N1CCS(=O)(=O)CC1. The van der Waals surface area contributed by atoms with Gasteiger partial charge in [0.2, 0.25) is 5.91 Å². The Morgan fingerprint density at radius 3 is 2.47 bits per heavy atom. The Labute approximate surface area is 185 Å². The van der Waals surface area contributed by atoms with Crippen molar-refractivity contribution in [2.24, 2.45) is 0 Å². The van der Waals surface area contributed by atoms with Crippen LogP contribution >= 0.6 is 11.3 Å². The molecule has 0 saturated carbocycles. The normalized spacial score (nSPS) is 17.7. The largest absolute Gasteiger partial charge is 0.573 e. The van der Waals surface area contributed by atoms with E-state index >= 15 is 0 Å². The molecule has 1 unspecified atom stereocenters. The molecule has 32 heavy (non-hydrogen) atoms. The number of nitrogens with zero attached hydrogens (tertiary/aromatic N) is 2. The minimum absolute atomic E-state index is 0.0350. The molecule has 1 atom stereocenters. The predicted octanol–water partition coefficient (Wildman–Crippen LogP) is 3.61. The molecule has 4 rings (SSSR count). The van der Waals surface area contributed by atoms with Gasteiger partial charge in [-0.15, -0.1) is 13.2 Å². The number of amides is 1. The van der Waals surface area contributed by atoms with Gasteiger partial charge < -0.3 is 10.1 Å². The number of halogens is 3. The lowest BCUT2D eigenvalue weighted by molar-refractivity contribution is -0.274. The maximum atomic E-state index is 13.2. The van der Waals surface area contributed by atoms with Crippen molar-refractivity contribution in [2.75, 3.05) is 29.9 Å². The Morgan fingerprint density at radius 2 is 1.81 bits per heavy atom. The number of aromatic nitrogens is 1. The number of hydrogen-bond acceptors (Lipinski definition) is 7. The van der Waals surface area contributed by atoms with Gasteiger partial charge in [0.1, 0.15) is 11.8 Å². The molecule has 1 N–H and O–H groups in total. The second kappa shape index (κ2) is 8.68. The number of alkyl halides is 3. The van der Waals surface area contributed by atoms with Gasteiger partial charge in [-0.05, 0) is 17.7 Å². The minimum Gasteiger partial charge on any atom is -0.406 e. The average molecular weight is 486 g/mol. The second-order valence-electron chi connectivity index (χ2n) is 7.19. The number of hydrogen-bond donors (Lipinski definition) is 1. The van der Waals surface area contributed by atoms with Crippen molar-refractivity contribution < 1.29 is 31.1 Å². The number of benzene rings is 2. The number of anilines is 1. The van der Waals surface area contributed by atoms with Gasteiger partial charge in [-0.1, -0.05) is 41.7 Å². The summed E-state index contributed by atoms with van der Waals surface area (Å²) in [5.74, 6) is -0.844. The van der Waals surface area contributed by atoms with E-state index in [4.69, 9.17) is 0 Å². The molecule has 1 fully saturated rings. The molecule has 1 amide bonds. The van der Waals surface area contributed by atoms with Crippen LogP contribution in [0.15, 0.2) is 48.5 Å². The summed E-state index contributed by atoms with van der Waals surface area (Å²) in [5.41, 5.74) is 1.12. The standard InChI is InChI=1S/C20H18F3N3O4S2/c21-20(22,23)30-14-6-7-15-16(12-14)31-19(24-15)25-18(27)17(13-4-2-1-3-5-13)26-8-10-32(28,29)11-9-26/h1-7,12,17H,8-11H2,(H,24,25,27). The summed E-state index contributed by atoms with van der Waals surface area (Å²) < 4.78 is 65.4. The van der Waals surface area contributed by atoms with Crippen molar-refractivity contribution in [3.63, 3.8) is 0 Å². The molecule has 2 aromatic carbocycles. The average Bonchev–Trinajstić information content (AvgIpc) is 3.10. The van der Waals surface area contributed by atoms with Crippen molar-refractivity contribution in [1.82, 2.24) is 9.88 Å². The summed E-state index contributed by atoms with van der Waals surface area (Å²) in [7, 11) is -3.13. The lowest BCUT2D eigenvalue weighted by Crippen LogP contribution is -2.46. The first-order valence-electron chi connectivity index (χ1n) is 9.56. The van der Waals surface area contributed by atoms with Crippen molar-refractivity contribution >= 4 is 42.4 Å². The Kier molecular flexibility index (Phi) is 6.10. The van der Waals surface area contributed by atoms with Crippen LogP contribution in [0.25, 0.3) is 10.2 Å². The van der Waals surface area contributed by atoms with Gasteiger partial charge in [0.05, 0.1) is 21.7 Å². The zero-order chi connectivity index (χ0) is 22.9. The number of carbonyl (C=O) groups excluding carboxylic acids is 1. The molecule has 1 aliphatic heterocycles. The van der Waals surface area contributed by atoms with Crippen LogP contribution < -0.4 is 10.1 Å². The Hall–Kier alpha value is -2.70. The van der Waals surface area contributed by atoms with Crippen LogP contribution in [0, 0.1) is 0 Å². The molecule has 3 aromatic rings. The fourth-order valence-corrected chi connectivity index (χ4v) is 5.60. The van der Waals surface area contributed by atoms with Gasteiger partial charge >= 0.3 is 6.36 Å². The molecular formula is C20H18F3N3O4S2. The Bertz CT molecular complexity index is 1220. The van der Waals surface area contributed by atoms with E-state index in [2.05, 4.69) is 15.0 Å². The van der Waals surface area contributed by atoms with Gasteiger partial charge in [0.25, 0.3) is 0 Å². The second-order valence-corrected chi connectivity index (χ2v) is 10.5. The van der Waals surface area contributed by atoms with E-state index in [0.29, 0.717) is 15.8 Å². The van der Waals surface area contributed by atoms with Gasteiger partial charge in [-0.3, -0.25) is 9.69 Å². The molecule has 2 heterocycles. The van der Waals surface area contributed by atoms with Crippen LogP contribution in [0.3, 0.4) is 0 Å². The quantitative estimate of drug-likeness (QED) is 0.594. The minimum atomic E-state index is -4.81. The van der Waals surface area contributed by atoms with E-state index in [1.54, 1.807) is 29.2 Å². The highest BCUT2D eigenvalue weighted by atomic mass is 32.2. The fraction of sp³-hybridized carbons (Fsp3) is 0.300. The molecule has 1 aromatic heterocycles. The lowest BCUT2D eigenvalue weighted by Gasteiger charge is -2.33. The molecule has 1 aliphatic rings. The number of nitrogens with one attached hydrogen (secondary N) is 1. The lowest BCUT2D eigenvalue weighted by atomic mass is 10.0. The highest BCUT2D eigenvalue weighted by Gasteiger charge is 2.33. The third-order valence-corrected chi connectivity index (χ3v) is 7.47. The molecule has 7 nitrogen and oxygen atoms in total. The van der Waals surface area contributed by atoms with Gasteiger partial charge in [-0.2, -0.15) is 0 Å². The third-order valence-electron chi connectivity index (χ3n) is 4.93. The van der Waals surface area contributed by atoms with Crippen LogP contribution in [-0.2, 0) is 14.6 Å². The highest BCUT2D eigenvalue weighted by molar-refractivity contribution is 7.91.